The minimum atomic E-state index is -1.07. The van der Waals surface area contributed by atoms with Gasteiger partial charge in [0.2, 0.25) is 0 Å². The zero-order chi connectivity index (χ0) is 26.8. The first-order valence-electron chi connectivity index (χ1n) is 11.4. The van der Waals surface area contributed by atoms with Crippen molar-refractivity contribution in [1.29, 1.82) is 0 Å². The van der Waals surface area contributed by atoms with Gasteiger partial charge in [0.1, 0.15) is 11.8 Å². The molecule has 0 aliphatic carbocycles. The van der Waals surface area contributed by atoms with Gasteiger partial charge in [0, 0.05) is 10.6 Å². The SMILES string of the molecule is CC1=C(C(=O)Nc2ccccc2)C(c2cccs2)n2c(s/c(=C/c3ccc(OCC(=O)O)c(Br)c3)c2=O)=N1. The zero-order valence-electron chi connectivity index (χ0n) is 19.9. The number of thiazole rings is 1. The highest BCUT2D eigenvalue weighted by molar-refractivity contribution is 9.10. The monoisotopic (exact) mass is 609 g/mol. The van der Waals surface area contributed by atoms with Crippen molar-refractivity contribution in [2.75, 3.05) is 11.9 Å². The van der Waals surface area contributed by atoms with Crippen molar-refractivity contribution < 1.29 is 19.4 Å². The number of carboxylic acids is 1. The van der Waals surface area contributed by atoms with E-state index in [2.05, 4.69) is 26.2 Å². The number of nitrogens with zero attached hydrogens (tertiary/aromatic N) is 2. The molecule has 1 aliphatic heterocycles. The number of halogens is 1. The Morgan fingerprint density at radius 3 is 2.66 bits per heavy atom. The number of rotatable bonds is 7. The summed E-state index contributed by atoms with van der Waals surface area (Å²) in [6.45, 7) is 1.32. The van der Waals surface area contributed by atoms with Crippen molar-refractivity contribution in [3.8, 4) is 5.75 Å². The number of ether oxygens (including phenoxy) is 1. The summed E-state index contributed by atoms with van der Waals surface area (Å²) >= 11 is 6.11. The zero-order valence-corrected chi connectivity index (χ0v) is 23.1. The Balaban J connectivity index is 1.56. The molecule has 0 saturated heterocycles. The first-order chi connectivity index (χ1) is 18.3. The number of hydrogen-bond acceptors (Lipinski definition) is 7. The molecule has 1 unspecified atom stereocenters. The van der Waals surface area contributed by atoms with Gasteiger partial charge in [0.05, 0.1) is 20.3 Å². The third-order valence-corrected chi connectivity index (χ3v) is 8.24. The Labute approximate surface area is 233 Å². The van der Waals surface area contributed by atoms with Gasteiger partial charge in [-0.25, -0.2) is 9.79 Å². The fraction of sp³-hybridized carbons (Fsp3) is 0.111. The molecule has 3 heterocycles. The van der Waals surface area contributed by atoms with E-state index in [0.29, 0.717) is 36.5 Å². The molecule has 38 heavy (non-hydrogen) atoms. The molecule has 11 heteroatoms. The van der Waals surface area contributed by atoms with E-state index in [-0.39, 0.29) is 11.5 Å². The molecule has 2 N–H and O–H groups in total. The number of benzene rings is 2. The van der Waals surface area contributed by atoms with Gasteiger partial charge in [-0.05, 0) is 70.2 Å². The van der Waals surface area contributed by atoms with Crippen molar-refractivity contribution in [2.24, 2.45) is 4.99 Å². The van der Waals surface area contributed by atoms with Crippen molar-refractivity contribution in [3.05, 3.63) is 112 Å². The summed E-state index contributed by atoms with van der Waals surface area (Å²) in [6.07, 6.45) is 1.74. The number of anilines is 1. The van der Waals surface area contributed by atoms with Crippen LogP contribution in [0.3, 0.4) is 0 Å². The smallest absolute Gasteiger partial charge is 0.341 e. The highest BCUT2D eigenvalue weighted by atomic mass is 79.9. The average Bonchev–Trinajstić information content (AvgIpc) is 3.52. The van der Waals surface area contributed by atoms with E-state index in [0.717, 1.165) is 10.4 Å². The maximum Gasteiger partial charge on any atom is 0.341 e. The molecule has 2 aromatic carbocycles. The number of fused-ring (bicyclic) bond motifs is 1. The Bertz CT molecular complexity index is 1740. The van der Waals surface area contributed by atoms with E-state index in [1.165, 1.54) is 22.7 Å². The third-order valence-electron chi connectivity index (χ3n) is 5.72. The van der Waals surface area contributed by atoms with E-state index in [4.69, 9.17) is 9.84 Å². The quantitative estimate of drug-likeness (QED) is 0.327. The van der Waals surface area contributed by atoms with Crippen LogP contribution in [0.4, 0.5) is 5.69 Å². The first kappa shape index (κ1) is 25.8. The van der Waals surface area contributed by atoms with Crippen LogP contribution < -0.4 is 24.9 Å². The molecule has 1 aliphatic rings. The maximum atomic E-state index is 13.7. The number of carboxylic acid groups (broad SMARTS) is 1. The highest BCUT2D eigenvalue weighted by Crippen LogP contribution is 2.33. The molecule has 1 amide bonds. The minimum absolute atomic E-state index is 0.257. The number of allylic oxidation sites excluding steroid dienone is 1. The van der Waals surface area contributed by atoms with E-state index < -0.39 is 18.6 Å². The number of aromatic nitrogens is 1. The summed E-state index contributed by atoms with van der Waals surface area (Å²) in [5.74, 6) is -1.01. The van der Waals surface area contributed by atoms with Crippen LogP contribution in [0.5, 0.6) is 5.75 Å². The van der Waals surface area contributed by atoms with Crippen LogP contribution in [0.1, 0.15) is 23.4 Å². The molecule has 8 nitrogen and oxygen atoms in total. The molecule has 0 fully saturated rings. The standard InChI is InChI=1S/C27H20BrN3O5S2/c1-15-23(25(34)30-17-6-3-2-4-7-17)24(20-8-5-11-37-20)31-26(35)21(38-27(31)29-15)13-16-9-10-19(18(28)12-16)36-14-22(32)33/h2-13,24H,14H2,1H3,(H,30,34)(H,32,33)/b21-13+. The molecule has 0 spiro atoms. The number of nitrogens with one attached hydrogen (secondary N) is 1. The summed E-state index contributed by atoms with van der Waals surface area (Å²) in [5, 5.41) is 13.7. The van der Waals surface area contributed by atoms with Gasteiger partial charge in [-0.1, -0.05) is 41.7 Å². The molecular weight excluding hydrogens is 590 g/mol. The van der Waals surface area contributed by atoms with Crippen LogP contribution in [0.25, 0.3) is 6.08 Å². The molecular formula is C27H20BrN3O5S2. The van der Waals surface area contributed by atoms with E-state index in [9.17, 15) is 14.4 Å². The van der Waals surface area contributed by atoms with Gasteiger partial charge in [0.15, 0.2) is 11.4 Å². The van der Waals surface area contributed by atoms with E-state index >= 15 is 0 Å². The number of amides is 1. The van der Waals surface area contributed by atoms with Crippen LogP contribution in [0, 0.1) is 0 Å². The Morgan fingerprint density at radius 1 is 1.18 bits per heavy atom. The molecule has 4 aromatic rings. The van der Waals surface area contributed by atoms with E-state index in [1.54, 1.807) is 47.9 Å². The lowest BCUT2D eigenvalue weighted by molar-refractivity contribution is -0.139. The Kier molecular flexibility index (Phi) is 7.41. The van der Waals surface area contributed by atoms with Gasteiger partial charge in [-0.3, -0.25) is 14.2 Å². The Hall–Kier alpha value is -3.80. The first-order valence-corrected chi connectivity index (χ1v) is 13.9. The average molecular weight is 611 g/mol. The van der Waals surface area contributed by atoms with Gasteiger partial charge in [-0.2, -0.15) is 0 Å². The lowest BCUT2D eigenvalue weighted by Gasteiger charge is -2.24. The van der Waals surface area contributed by atoms with Crippen LogP contribution in [0.15, 0.2) is 91.6 Å². The lowest BCUT2D eigenvalue weighted by Crippen LogP contribution is -2.40. The van der Waals surface area contributed by atoms with Crippen LogP contribution in [-0.2, 0) is 9.59 Å². The fourth-order valence-corrected chi connectivity index (χ4v) is 6.44. The molecule has 192 valence electrons. The lowest BCUT2D eigenvalue weighted by atomic mass is 10.0. The van der Waals surface area contributed by atoms with Crippen molar-refractivity contribution in [3.63, 3.8) is 0 Å². The van der Waals surface area contributed by atoms with Gasteiger partial charge >= 0.3 is 5.97 Å². The number of carbonyl (C=O) groups is 2. The number of hydrogen-bond donors (Lipinski definition) is 2. The van der Waals surface area contributed by atoms with Crippen LogP contribution >= 0.6 is 38.6 Å². The second kappa shape index (κ2) is 10.9. The summed E-state index contributed by atoms with van der Waals surface area (Å²) in [4.78, 5) is 44.0. The molecule has 0 bridgehead atoms. The summed E-state index contributed by atoms with van der Waals surface area (Å²) < 4.78 is 7.85. The molecule has 0 saturated carbocycles. The van der Waals surface area contributed by atoms with Crippen LogP contribution in [-0.4, -0.2) is 28.2 Å². The van der Waals surface area contributed by atoms with Crippen molar-refractivity contribution >= 4 is 62.2 Å². The number of para-hydroxylation sites is 1. The number of aliphatic carboxylic acids is 1. The highest BCUT2D eigenvalue weighted by Gasteiger charge is 2.33. The summed E-state index contributed by atoms with van der Waals surface area (Å²) in [5.41, 5.74) is 2.08. The number of thiophene rings is 1. The summed E-state index contributed by atoms with van der Waals surface area (Å²) in [6, 6.07) is 17.5. The van der Waals surface area contributed by atoms with Gasteiger partial charge < -0.3 is 15.2 Å². The minimum Gasteiger partial charge on any atom is -0.481 e. The van der Waals surface area contributed by atoms with Crippen LogP contribution in [0.2, 0.25) is 0 Å². The van der Waals surface area contributed by atoms with Crippen molar-refractivity contribution in [2.45, 2.75) is 13.0 Å². The second-order valence-electron chi connectivity index (χ2n) is 8.29. The topological polar surface area (TPSA) is 110 Å². The number of carbonyl (C=O) groups excluding carboxylic acids is 1. The summed E-state index contributed by atoms with van der Waals surface area (Å²) in [7, 11) is 0. The van der Waals surface area contributed by atoms with Gasteiger partial charge in [-0.15, -0.1) is 11.3 Å². The molecule has 2 aromatic heterocycles. The molecule has 1 atom stereocenters. The van der Waals surface area contributed by atoms with Crippen molar-refractivity contribution in [1.82, 2.24) is 4.57 Å². The van der Waals surface area contributed by atoms with Gasteiger partial charge in [0.25, 0.3) is 11.5 Å². The second-order valence-corrected chi connectivity index (χ2v) is 11.1. The predicted octanol–water partition coefficient (Wildman–Crippen LogP) is 4.16. The third kappa shape index (κ3) is 5.26. The Morgan fingerprint density at radius 2 is 1.97 bits per heavy atom. The fourth-order valence-electron chi connectivity index (χ4n) is 4.06. The molecule has 0 radical (unpaired) electrons. The maximum absolute atomic E-state index is 13.7. The largest absolute Gasteiger partial charge is 0.481 e. The van der Waals surface area contributed by atoms with E-state index in [1.807, 2.05) is 35.7 Å². The predicted molar refractivity (Wildman–Crippen MR) is 150 cm³/mol. The molecule has 5 rings (SSSR count). The normalized spacial score (nSPS) is 15.1.